The van der Waals surface area contributed by atoms with Crippen molar-refractivity contribution in [1.82, 2.24) is 4.90 Å². The molecule has 0 aromatic heterocycles. The van der Waals surface area contributed by atoms with Gasteiger partial charge in [-0.05, 0) is 49.4 Å². The Morgan fingerprint density at radius 1 is 1.13 bits per heavy atom. The van der Waals surface area contributed by atoms with Crippen molar-refractivity contribution in [3.8, 4) is 5.75 Å². The summed E-state index contributed by atoms with van der Waals surface area (Å²) in [6.45, 7) is 11.2. The average Bonchev–Trinajstić information content (AvgIpc) is 2.68. The fourth-order valence-corrected chi connectivity index (χ4v) is 5.52. The monoisotopic (exact) mass is 469 g/mol. The van der Waals surface area contributed by atoms with E-state index in [4.69, 9.17) is 4.74 Å². The highest BCUT2D eigenvalue weighted by molar-refractivity contribution is 5.85. The average molecular weight is 470 g/mol. The van der Waals surface area contributed by atoms with Gasteiger partial charge in [-0.25, -0.2) is 4.39 Å². The van der Waals surface area contributed by atoms with Crippen molar-refractivity contribution in [3.63, 3.8) is 0 Å². The van der Waals surface area contributed by atoms with Gasteiger partial charge in [0, 0.05) is 29.1 Å². The number of phenols is 1. The summed E-state index contributed by atoms with van der Waals surface area (Å²) in [6.07, 6.45) is 1.64. The number of ether oxygens (including phenoxy) is 1. The van der Waals surface area contributed by atoms with Crippen LogP contribution in [0.1, 0.15) is 50.8 Å². The van der Waals surface area contributed by atoms with Gasteiger partial charge in [-0.15, -0.1) is 24.8 Å². The molecule has 1 fully saturated rings. The van der Waals surface area contributed by atoms with E-state index >= 15 is 0 Å². The number of hydrogen-bond acceptors (Lipinski definition) is 3. The topological polar surface area (TPSA) is 32.7 Å². The first-order valence-corrected chi connectivity index (χ1v) is 10.6. The Morgan fingerprint density at radius 2 is 1.81 bits per heavy atom. The maximum absolute atomic E-state index is 14.9. The highest BCUT2D eigenvalue weighted by atomic mass is 35.5. The van der Waals surface area contributed by atoms with Gasteiger partial charge in [-0.2, -0.15) is 0 Å². The SMILES string of the molecule is CC(CN1CCC2(C)c3c(F)ccc(O)c3CC1C2(C)C)OCc1ccccc1.Cl.Cl. The Kier molecular flexibility index (Phi) is 8.08. The molecular weight excluding hydrogens is 436 g/mol. The molecule has 3 nitrogen and oxygen atoms in total. The number of likely N-dealkylation sites (tertiary alicyclic amines) is 1. The van der Waals surface area contributed by atoms with Crippen molar-refractivity contribution in [2.24, 2.45) is 5.41 Å². The molecule has 0 spiro atoms. The molecule has 4 rings (SSSR count). The van der Waals surface area contributed by atoms with Gasteiger partial charge < -0.3 is 9.84 Å². The van der Waals surface area contributed by atoms with Crippen molar-refractivity contribution >= 4 is 24.8 Å². The summed E-state index contributed by atoms with van der Waals surface area (Å²) in [5.74, 6) is 0.0446. The summed E-state index contributed by atoms with van der Waals surface area (Å²) in [7, 11) is 0. The van der Waals surface area contributed by atoms with Crippen LogP contribution in [0.3, 0.4) is 0 Å². The van der Waals surface area contributed by atoms with Gasteiger partial charge in [0.25, 0.3) is 0 Å². The van der Waals surface area contributed by atoms with Crippen LogP contribution in [0.5, 0.6) is 5.75 Å². The lowest BCUT2D eigenvalue weighted by atomic mass is 9.50. The van der Waals surface area contributed by atoms with Crippen molar-refractivity contribution in [1.29, 1.82) is 0 Å². The minimum atomic E-state index is -0.293. The Hall–Kier alpha value is -1.33. The molecule has 1 saturated heterocycles. The molecule has 0 radical (unpaired) electrons. The highest BCUT2D eigenvalue weighted by Gasteiger charge is 2.57. The predicted molar refractivity (Wildman–Crippen MR) is 128 cm³/mol. The van der Waals surface area contributed by atoms with E-state index in [2.05, 4.69) is 44.7 Å². The number of benzene rings is 2. The van der Waals surface area contributed by atoms with Crippen molar-refractivity contribution in [3.05, 3.63) is 65.0 Å². The van der Waals surface area contributed by atoms with Crippen LogP contribution < -0.4 is 0 Å². The van der Waals surface area contributed by atoms with Crippen LogP contribution >= 0.6 is 24.8 Å². The fraction of sp³-hybridized carbons (Fsp3) is 0.520. The van der Waals surface area contributed by atoms with Crippen LogP contribution in [0.4, 0.5) is 4.39 Å². The number of piperidine rings is 1. The van der Waals surface area contributed by atoms with Gasteiger partial charge >= 0.3 is 0 Å². The van der Waals surface area contributed by atoms with Crippen LogP contribution in [-0.4, -0.2) is 35.2 Å². The zero-order valence-electron chi connectivity index (χ0n) is 18.7. The van der Waals surface area contributed by atoms with E-state index in [1.807, 2.05) is 18.2 Å². The minimum Gasteiger partial charge on any atom is -0.508 e. The lowest BCUT2D eigenvalue weighted by molar-refractivity contribution is -0.0663. The number of halogens is 3. The largest absolute Gasteiger partial charge is 0.508 e. The molecule has 2 aromatic rings. The van der Waals surface area contributed by atoms with Crippen molar-refractivity contribution in [2.75, 3.05) is 13.1 Å². The second-order valence-electron chi connectivity index (χ2n) is 9.55. The standard InChI is InChI=1S/C25H32FNO2.2ClH/c1-17(29-16-18-8-6-5-7-9-18)15-27-13-12-25(4)23-19(14-22(27)24(25,2)3)21(28)11-10-20(23)26;;/h5-11,17,22,28H,12-16H2,1-4H3;2*1H. The number of phenolic OH excluding ortho intramolecular Hbond substituents is 1. The summed E-state index contributed by atoms with van der Waals surface area (Å²) in [6, 6.07) is 13.4. The lowest BCUT2D eigenvalue weighted by Crippen LogP contribution is -2.64. The summed E-state index contributed by atoms with van der Waals surface area (Å²) < 4.78 is 21.0. The van der Waals surface area contributed by atoms with Gasteiger partial charge in [0.1, 0.15) is 11.6 Å². The third-order valence-corrected chi connectivity index (χ3v) is 7.65. The Bertz CT molecular complexity index is 893. The van der Waals surface area contributed by atoms with Crippen LogP contribution in [-0.2, 0) is 23.2 Å². The summed E-state index contributed by atoms with van der Waals surface area (Å²) >= 11 is 0. The molecule has 1 aliphatic carbocycles. The quantitative estimate of drug-likeness (QED) is 0.591. The number of rotatable bonds is 5. The summed E-state index contributed by atoms with van der Waals surface area (Å²) in [5, 5.41) is 10.5. The predicted octanol–water partition coefficient (Wildman–Crippen LogP) is 5.89. The van der Waals surface area contributed by atoms with Gasteiger partial charge in [-0.1, -0.05) is 51.1 Å². The van der Waals surface area contributed by atoms with Crippen LogP contribution in [0.15, 0.2) is 42.5 Å². The molecular formula is C25H34Cl2FNO2. The second-order valence-corrected chi connectivity index (χ2v) is 9.55. The Labute approximate surface area is 197 Å². The molecule has 0 saturated carbocycles. The Morgan fingerprint density at radius 3 is 2.48 bits per heavy atom. The zero-order chi connectivity index (χ0) is 20.8. The van der Waals surface area contributed by atoms with E-state index in [0.717, 1.165) is 30.6 Å². The Balaban J connectivity index is 0.00000171. The summed E-state index contributed by atoms with van der Waals surface area (Å²) in [5.41, 5.74) is 2.30. The summed E-state index contributed by atoms with van der Waals surface area (Å²) in [4.78, 5) is 2.49. The third kappa shape index (κ3) is 4.45. The molecule has 3 unspecified atom stereocenters. The van der Waals surface area contributed by atoms with E-state index in [1.54, 1.807) is 0 Å². The lowest BCUT2D eigenvalue weighted by Gasteiger charge is -2.61. The fourth-order valence-electron chi connectivity index (χ4n) is 5.52. The first kappa shape index (κ1) is 25.9. The first-order chi connectivity index (χ1) is 13.7. The maximum Gasteiger partial charge on any atom is 0.127 e. The van der Waals surface area contributed by atoms with E-state index in [9.17, 15) is 9.50 Å². The molecule has 6 heteroatoms. The van der Waals surface area contributed by atoms with Crippen molar-refractivity contribution in [2.45, 2.75) is 64.7 Å². The second kappa shape index (κ2) is 9.66. The van der Waals surface area contributed by atoms with E-state index in [0.29, 0.717) is 13.0 Å². The van der Waals surface area contributed by atoms with Gasteiger partial charge in [0.15, 0.2) is 0 Å². The van der Waals surface area contributed by atoms with E-state index < -0.39 is 0 Å². The molecule has 3 atom stereocenters. The molecule has 2 aliphatic rings. The highest BCUT2D eigenvalue weighted by Crippen LogP contribution is 2.57. The molecule has 2 bridgehead atoms. The van der Waals surface area contributed by atoms with E-state index in [-0.39, 0.29) is 59.4 Å². The molecule has 172 valence electrons. The maximum atomic E-state index is 14.9. The van der Waals surface area contributed by atoms with Gasteiger partial charge in [0.05, 0.1) is 12.7 Å². The number of nitrogens with zero attached hydrogens (tertiary/aromatic N) is 1. The van der Waals surface area contributed by atoms with Crippen LogP contribution in [0, 0.1) is 11.2 Å². The van der Waals surface area contributed by atoms with Gasteiger partial charge in [-0.3, -0.25) is 4.90 Å². The van der Waals surface area contributed by atoms with Gasteiger partial charge in [0.2, 0.25) is 0 Å². The number of hydrogen-bond donors (Lipinski definition) is 1. The molecule has 2 aromatic carbocycles. The third-order valence-electron chi connectivity index (χ3n) is 7.65. The molecule has 1 N–H and O–H groups in total. The molecule has 1 heterocycles. The number of aromatic hydroxyl groups is 1. The first-order valence-electron chi connectivity index (χ1n) is 10.6. The zero-order valence-corrected chi connectivity index (χ0v) is 20.4. The molecule has 31 heavy (non-hydrogen) atoms. The number of fused-ring (bicyclic) bond motifs is 4. The molecule has 0 amide bonds. The van der Waals surface area contributed by atoms with E-state index in [1.165, 1.54) is 17.7 Å². The normalized spacial score (nSPS) is 25.0. The minimum absolute atomic E-state index is 0. The molecule has 1 aliphatic heterocycles. The smallest absolute Gasteiger partial charge is 0.127 e. The van der Waals surface area contributed by atoms with Crippen LogP contribution in [0.2, 0.25) is 0 Å². The van der Waals surface area contributed by atoms with Crippen molar-refractivity contribution < 1.29 is 14.2 Å². The van der Waals surface area contributed by atoms with Crippen LogP contribution in [0.25, 0.3) is 0 Å².